The van der Waals surface area contributed by atoms with E-state index >= 15 is 0 Å². The van der Waals surface area contributed by atoms with Crippen LogP contribution in [0.15, 0.2) is 42.7 Å². The normalized spacial score (nSPS) is 27.3. The number of nitrogens with zero attached hydrogens (tertiary/aromatic N) is 4. The third-order valence-electron chi connectivity index (χ3n) is 6.50. The van der Waals surface area contributed by atoms with Gasteiger partial charge in [-0.15, -0.1) is 0 Å². The number of aryl methyl sites for hydroxylation is 2. The fourth-order valence-corrected chi connectivity index (χ4v) is 5.02. The summed E-state index contributed by atoms with van der Waals surface area (Å²) < 4.78 is 8.38. The molecule has 0 radical (unpaired) electrons. The number of aromatic nitrogens is 3. The molecule has 2 fully saturated rings. The topological polar surface area (TPSA) is 62.9 Å². The lowest BCUT2D eigenvalue weighted by atomic mass is 9.78. The lowest BCUT2D eigenvalue weighted by Gasteiger charge is -2.35. The largest absolute Gasteiger partial charge is 0.486 e. The number of hydrogen-bond donors (Lipinski definition) is 1. The molecule has 6 heteroatoms. The van der Waals surface area contributed by atoms with Crippen LogP contribution in [0.3, 0.4) is 0 Å². The highest BCUT2D eigenvalue weighted by Gasteiger charge is 2.42. The predicted molar refractivity (Wildman–Crippen MR) is 111 cm³/mol. The average molecular weight is 393 g/mol. The first-order valence-corrected chi connectivity index (χ1v) is 10.5. The van der Waals surface area contributed by atoms with Crippen LogP contribution in [0.1, 0.15) is 30.1 Å². The van der Waals surface area contributed by atoms with Gasteiger partial charge in [-0.3, -0.25) is 9.88 Å². The summed E-state index contributed by atoms with van der Waals surface area (Å²) in [5.41, 5.74) is 3.00. The Morgan fingerprint density at radius 3 is 2.76 bits per heavy atom. The van der Waals surface area contributed by atoms with Gasteiger partial charge in [-0.25, -0.2) is 4.98 Å². The highest BCUT2D eigenvalue weighted by Crippen LogP contribution is 2.38. The maximum Gasteiger partial charge on any atom is 0.141 e. The molecule has 0 unspecified atom stereocenters. The standard InChI is InChI=1S/C23H28N4O2/c1-15-6-7-21(16(2)25-15)29-22-10-18-13-26(12-17(18)9-20(22)28)14-23-24-11-19-5-3-4-8-27(19)23/h3-8,11,17-18,20,22,28H,9-10,12-14H2,1-2H3/t17-,18+,20+,22+/m0/s1. The van der Waals surface area contributed by atoms with Gasteiger partial charge in [0.2, 0.25) is 0 Å². The lowest BCUT2D eigenvalue weighted by Crippen LogP contribution is -2.42. The van der Waals surface area contributed by atoms with Gasteiger partial charge in [-0.1, -0.05) is 6.07 Å². The number of aliphatic hydroxyl groups excluding tert-OH is 1. The Bertz CT molecular complexity index is 1020. The Morgan fingerprint density at radius 2 is 1.93 bits per heavy atom. The monoisotopic (exact) mass is 392 g/mol. The fourth-order valence-electron chi connectivity index (χ4n) is 5.02. The van der Waals surface area contributed by atoms with Crippen molar-refractivity contribution in [3.05, 3.63) is 59.9 Å². The van der Waals surface area contributed by atoms with Gasteiger partial charge in [-0.2, -0.15) is 0 Å². The van der Waals surface area contributed by atoms with E-state index in [4.69, 9.17) is 4.74 Å². The molecule has 1 N–H and O–H groups in total. The van der Waals surface area contributed by atoms with Crippen molar-refractivity contribution in [2.24, 2.45) is 11.8 Å². The first kappa shape index (κ1) is 18.6. The molecule has 1 aliphatic carbocycles. The molecular formula is C23H28N4O2. The van der Waals surface area contributed by atoms with Crippen LogP contribution in [-0.2, 0) is 6.54 Å². The third-order valence-corrected chi connectivity index (χ3v) is 6.50. The van der Waals surface area contributed by atoms with E-state index < -0.39 is 6.10 Å². The lowest BCUT2D eigenvalue weighted by molar-refractivity contribution is -0.0236. The number of fused-ring (bicyclic) bond motifs is 2. The summed E-state index contributed by atoms with van der Waals surface area (Å²) in [6.45, 7) is 6.83. The molecule has 29 heavy (non-hydrogen) atoms. The van der Waals surface area contributed by atoms with E-state index in [0.717, 1.165) is 61.0 Å². The molecule has 3 aromatic rings. The van der Waals surface area contributed by atoms with Crippen LogP contribution in [0.4, 0.5) is 0 Å². The fraction of sp³-hybridized carbons (Fsp3) is 0.478. The predicted octanol–water partition coefficient (Wildman–Crippen LogP) is 3.00. The van der Waals surface area contributed by atoms with Crippen molar-refractivity contribution in [1.29, 1.82) is 0 Å². The summed E-state index contributed by atoms with van der Waals surface area (Å²) in [7, 11) is 0. The summed E-state index contributed by atoms with van der Waals surface area (Å²) in [6, 6.07) is 10.1. The Hall–Kier alpha value is -2.44. The van der Waals surface area contributed by atoms with Gasteiger partial charge in [-0.05, 0) is 62.8 Å². The van der Waals surface area contributed by atoms with Crippen molar-refractivity contribution in [2.75, 3.05) is 13.1 Å². The zero-order chi connectivity index (χ0) is 20.0. The van der Waals surface area contributed by atoms with E-state index in [1.54, 1.807) is 0 Å². The molecule has 4 atom stereocenters. The smallest absolute Gasteiger partial charge is 0.141 e. The van der Waals surface area contributed by atoms with Gasteiger partial charge in [0, 0.05) is 25.0 Å². The van der Waals surface area contributed by atoms with Crippen molar-refractivity contribution in [1.82, 2.24) is 19.3 Å². The van der Waals surface area contributed by atoms with Gasteiger partial charge < -0.3 is 14.2 Å². The summed E-state index contributed by atoms with van der Waals surface area (Å²) in [5, 5.41) is 10.7. The van der Waals surface area contributed by atoms with Crippen LogP contribution >= 0.6 is 0 Å². The molecule has 0 bridgehead atoms. The van der Waals surface area contributed by atoms with Crippen LogP contribution in [-0.4, -0.2) is 49.7 Å². The Kier molecular flexibility index (Phi) is 4.76. The molecular weight excluding hydrogens is 364 g/mol. The van der Waals surface area contributed by atoms with Crippen LogP contribution < -0.4 is 4.74 Å². The molecule has 2 aliphatic rings. The molecule has 4 heterocycles. The molecule has 6 nitrogen and oxygen atoms in total. The molecule has 3 aromatic heterocycles. The van der Waals surface area contributed by atoms with Crippen LogP contribution in [0.2, 0.25) is 0 Å². The van der Waals surface area contributed by atoms with Crippen LogP contribution in [0, 0.1) is 25.7 Å². The van der Waals surface area contributed by atoms with E-state index in [1.807, 2.05) is 44.3 Å². The van der Waals surface area contributed by atoms with Crippen LogP contribution in [0.5, 0.6) is 5.75 Å². The highest BCUT2D eigenvalue weighted by molar-refractivity contribution is 5.45. The summed E-state index contributed by atoms with van der Waals surface area (Å²) in [6.07, 6.45) is 5.11. The number of imidazole rings is 1. The minimum absolute atomic E-state index is 0.160. The highest BCUT2D eigenvalue weighted by atomic mass is 16.5. The number of aliphatic hydroxyl groups is 1. The molecule has 5 rings (SSSR count). The van der Waals surface area contributed by atoms with Gasteiger partial charge in [0.1, 0.15) is 17.7 Å². The van der Waals surface area contributed by atoms with Crippen molar-refractivity contribution < 1.29 is 9.84 Å². The molecule has 1 saturated heterocycles. The molecule has 1 aliphatic heterocycles. The number of likely N-dealkylation sites (tertiary alicyclic amines) is 1. The van der Waals surface area contributed by atoms with E-state index in [0.29, 0.717) is 11.8 Å². The number of hydrogen-bond acceptors (Lipinski definition) is 5. The Balaban J connectivity index is 1.26. The number of pyridine rings is 2. The second-order valence-corrected chi connectivity index (χ2v) is 8.62. The van der Waals surface area contributed by atoms with E-state index in [9.17, 15) is 5.11 Å². The first-order valence-electron chi connectivity index (χ1n) is 10.5. The second-order valence-electron chi connectivity index (χ2n) is 8.62. The maximum atomic E-state index is 10.7. The quantitative estimate of drug-likeness (QED) is 0.740. The zero-order valence-electron chi connectivity index (χ0n) is 17.0. The summed E-state index contributed by atoms with van der Waals surface area (Å²) >= 11 is 0. The third kappa shape index (κ3) is 3.63. The van der Waals surface area contributed by atoms with Crippen LogP contribution in [0.25, 0.3) is 5.52 Å². The van der Waals surface area contributed by atoms with Gasteiger partial charge in [0.05, 0.1) is 30.1 Å². The Morgan fingerprint density at radius 1 is 1.10 bits per heavy atom. The van der Waals surface area contributed by atoms with E-state index in [1.165, 1.54) is 0 Å². The van der Waals surface area contributed by atoms with Crippen molar-refractivity contribution in [3.63, 3.8) is 0 Å². The number of ether oxygens (including phenoxy) is 1. The van der Waals surface area contributed by atoms with Crippen molar-refractivity contribution in [3.8, 4) is 5.75 Å². The molecule has 0 aromatic carbocycles. The SMILES string of the molecule is Cc1ccc(O[C@@H]2C[C@@H]3CN(Cc4ncc5ccccn45)C[C@@H]3C[C@H]2O)c(C)n1. The molecule has 0 spiro atoms. The minimum Gasteiger partial charge on any atom is -0.486 e. The maximum absolute atomic E-state index is 10.7. The zero-order valence-corrected chi connectivity index (χ0v) is 17.0. The minimum atomic E-state index is -0.427. The number of rotatable bonds is 4. The second kappa shape index (κ2) is 7.43. The van der Waals surface area contributed by atoms with Gasteiger partial charge in [0.15, 0.2) is 0 Å². The van der Waals surface area contributed by atoms with E-state index in [-0.39, 0.29) is 6.10 Å². The average Bonchev–Trinajstić information content (AvgIpc) is 3.28. The van der Waals surface area contributed by atoms with Gasteiger partial charge >= 0.3 is 0 Å². The van der Waals surface area contributed by atoms with Crippen molar-refractivity contribution in [2.45, 2.75) is 45.4 Å². The molecule has 1 saturated carbocycles. The van der Waals surface area contributed by atoms with Gasteiger partial charge in [0.25, 0.3) is 0 Å². The summed E-state index contributed by atoms with van der Waals surface area (Å²) in [4.78, 5) is 11.6. The molecule has 0 amide bonds. The van der Waals surface area contributed by atoms with Crippen molar-refractivity contribution >= 4 is 5.52 Å². The molecule has 152 valence electrons. The summed E-state index contributed by atoms with van der Waals surface area (Å²) in [5.74, 6) is 2.94. The first-order chi connectivity index (χ1) is 14.1. The Labute approximate surface area is 171 Å². The van der Waals surface area contributed by atoms with E-state index in [2.05, 4.69) is 31.5 Å².